The number of hydrogen-bond donors (Lipinski definition) is 1. The predicted octanol–water partition coefficient (Wildman–Crippen LogP) is 3.52. The molecule has 0 spiro atoms. The zero-order valence-electron chi connectivity index (χ0n) is 9.77. The molecule has 0 radical (unpaired) electrons. The van der Waals surface area contributed by atoms with E-state index in [0.29, 0.717) is 11.4 Å². The van der Waals surface area contributed by atoms with Crippen molar-refractivity contribution in [2.75, 3.05) is 11.9 Å². The van der Waals surface area contributed by atoms with E-state index in [4.69, 9.17) is 16.3 Å². The van der Waals surface area contributed by atoms with Gasteiger partial charge in [0.25, 0.3) is 5.91 Å². The van der Waals surface area contributed by atoms with Crippen LogP contribution in [0.3, 0.4) is 0 Å². The molecule has 0 fully saturated rings. The van der Waals surface area contributed by atoms with Crippen molar-refractivity contribution in [3.8, 4) is 5.75 Å². The first-order valence-electron chi connectivity index (χ1n) is 5.44. The summed E-state index contributed by atoms with van der Waals surface area (Å²) >= 11 is 9.15. The third kappa shape index (κ3) is 4.22. The Balaban J connectivity index is 1.88. The van der Waals surface area contributed by atoms with E-state index >= 15 is 0 Å². The molecule has 1 aromatic heterocycles. The molecule has 1 amide bonds. The molecular formula is C13H10BrClN2O2. The molecule has 6 heteroatoms. The Labute approximate surface area is 123 Å². The molecule has 0 aliphatic carbocycles. The van der Waals surface area contributed by atoms with Gasteiger partial charge in [0.15, 0.2) is 11.8 Å². The fraction of sp³-hybridized carbons (Fsp3) is 0.0769. The van der Waals surface area contributed by atoms with Crippen LogP contribution in [0.1, 0.15) is 0 Å². The molecule has 0 saturated carbocycles. The van der Waals surface area contributed by atoms with Gasteiger partial charge in [0.1, 0.15) is 5.75 Å². The van der Waals surface area contributed by atoms with E-state index in [1.54, 1.807) is 30.5 Å². The average Bonchev–Trinajstić information content (AvgIpc) is 2.41. The molecule has 0 aliphatic rings. The fourth-order valence-corrected chi connectivity index (χ4v) is 1.78. The number of pyridine rings is 1. The van der Waals surface area contributed by atoms with E-state index < -0.39 is 0 Å². The maximum atomic E-state index is 11.7. The van der Waals surface area contributed by atoms with Crippen molar-refractivity contribution in [3.63, 3.8) is 0 Å². The second-order valence-corrected chi connectivity index (χ2v) is 4.91. The van der Waals surface area contributed by atoms with Crippen LogP contribution in [0.5, 0.6) is 5.75 Å². The van der Waals surface area contributed by atoms with Gasteiger partial charge in [-0.1, -0.05) is 27.5 Å². The van der Waals surface area contributed by atoms with Crippen molar-refractivity contribution in [2.24, 2.45) is 0 Å². The predicted molar refractivity (Wildman–Crippen MR) is 77.5 cm³/mol. The van der Waals surface area contributed by atoms with E-state index in [-0.39, 0.29) is 17.7 Å². The zero-order chi connectivity index (χ0) is 13.7. The molecule has 0 unspecified atom stereocenters. The number of nitrogens with one attached hydrogen (secondary N) is 1. The number of carbonyl (C=O) groups excluding carboxylic acids is 1. The maximum Gasteiger partial charge on any atom is 0.262 e. The number of ether oxygens (including phenoxy) is 1. The molecule has 0 aliphatic heterocycles. The number of benzene rings is 1. The second kappa shape index (κ2) is 6.54. The minimum Gasteiger partial charge on any atom is -0.484 e. The monoisotopic (exact) mass is 340 g/mol. The lowest BCUT2D eigenvalue weighted by atomic mass is 10.3. The molecule has 2 aromatic rings. The molecular weight excluding hydrogens is 332 g/mol. The normalized spacial score (nSPS) is 10.0. The molecule has 0 bridgehead atoms. The van der Waals surface area contributed by atoms with Gasteiger partial charge in [0, 0.05) is 10.7 Å². The van der Waals surface area contributed by atoms with E-state index in [0.717, 1.165) is 4.47 Å². The third-order valence-electron chi connectivity index (χ3n) is 2.22. The number of halogens is 2. The minimum atomic E-state index is -0.294. The van der Waals surface area contributed by atoms with Crippen LogP contribution < -0.4 is 10.1 Å². The van der Waals surface area contributed by atoms with Crippen LogP contribution >= 0.6 is 27.5 Å². The van der Waals surface area contributed by atoms with E-state index in [1.165, 1.54) is 0 Å². The van der Waals surface area contributed by atoms with Gasteiger partial charge < -0.3 is 10.1 Å². The van der Waals surface area contributed by atoms with Crippen molar-refractivity contribution in [3.05, 3.63) is 52.2 Å². The van der Waals surface area contributed by atoms with E-state index in [9.17, 15) is 4.79 Å². The molecule has 98 valence electrons. The van der Waals surface area contributed by atoms with Crippen LogP contribution in [0.25, 0.3) is 0 Å². The summed E-state index contributed by atoms with van der Waals surface area (Å²) < 4.78 is 6.29. The van der Waals surface area contributed by atoms with Crippen LogP contribution in [-0.4, -0.2) is 17.5 Å². The minimum absolute atomic E-state index is 0.0904. The van der Waals surface area contributed by atoms with Gasteiger partial charge in [-0.05, 0) is 36.4 Å². The lowest BCUT2D eigenvalue weighted by molar-refractivity contribution is -0.118. The summed E-state index contributed by atoms with van der Waals surface area (Å²) in [6.45, 7) is -0.0904. The number of carbonyl (C=O) groups is 1. The molecule has 1 N–H and O–H groups in total. The molecule has 0 atom stereocenters. The standard InChI is InChI=1S/C13H10BrClN2O2/c14-9-3-5-10(6-4-9)19-8-12(18)17-11-2-1-7-16-13(11)15/h1-7H,8H2,(H,17,18). The Bertz CT molecular complexity index is 575. The van der Waals surface area contributed by atoms with Gasteiger partial charge in [0.2, 0.25) is 0 Å². The first kappa shape index (κ1) is 13.8. The smallest absolute Gasteiger partial charge is 0.262 e. The zero-order valence-corrected chi connectivity index (χ0v) is 12.1. The van der Waals surface area contributed by atoms with Crippen LogP contribution in [-0.2, 0) is 4.79 Å². The SMILES string of the molecule is O=C(COc1ccc(Br)cc1)Nc1cccnc1Cl. The summed E-state index contributed by atoms with van der Waals surface area (Å²) in [6.07, 6.45) is 1.55. The summed E-state index contributed by atoms with van der Waals surface area (Å²) in [5, 5.41) is 2.87. The molecule has 19 heavy (non-hydrogen) atoms. The number of rotatable bonds is 4. The summed E-state index contributed by atoms with van der Waals surface area (Å²) in [4.78, 5) is 15.5. The van der Waals surface area contributed by atoms with Crippen LogP contribution in [0.2, 0.25) is 5.15 Å². The Morgan fingerprint density at radius 1 is 1.32 bits per heavy atom. The Morgan fingerprint density at radius 2 is 2.05 bits per heavy atom. The van der Waals surface area contributed by atoms with Crippen LogP contribution in [0.15, 0.2) is 47.1 Å². The Hall–Kier alpha value is -1.59. The van der Waals surface area contributed by atoms with Crippen molar-refractivity contribution < 1.29 is 9.53 Å². The lowest BCUT2D eigenvalue weighted by Crippen LogP contribution is -2.20. The first-order valence-corrected chi connectivity index (χ1v) is 6.61. The van der Waals surface area contributed by atoms with Gasteiger partial charge >= 0.3 is 0 Å². The molecule has 4 nitrogen and oxygen atoms in total. The van der Waals surface area contributed by atoms with Gasteiger partial charge in [-0.25, -0.2) is 4.98 Å². The van der Waals surface area contributed by atoms with Gasteiger partial charge in [0.05, 0.1) is 5.69 Å². The van der Waals surface area contributed by atoms with Gasteiger partial charge in [-0.3, -0.25) is 4.79 Å². The number of anilines is 1. The summed E-state index contributed by atoms with van der Waals surface area (Å²) in [5.41, 5.74) is 0.466. The quantitative estimate of drug-likeness (QED) is 0.866. The second-order valence-electron chi connectivity index (χ2n) is 3.63. The van der Waals surface area contributed by atoms with Gasteiger partial charge in [-0.2, -0.15) is 0 Å². The van der Waals surface area contributed by atoms with Gasteiger partial charge in [-0.15, -0.1) is 0 Å². The number of hydrogen-bond acceptors (Lipinski definition) is 3. The largest absolute Gasteiger partial charge is 0.484 e. The summed E-state index contributed by atoms with van der Waals surface area (Å²) in [6, 6.07) is 10.6. The van der Waals surface area contributed by atoms with Crippen molar-refractivity contribution in [1.29, 1.82) is 0 Å². The molecule has 2 rings (SSSR count). The number of nitrogens with zero attached hydrogens (tertiary/aromatic N) is 1. The maximum absolute atomic E-state index is 11.7. The van der Waals surface area contributed by atoms with Crippen molar-refractivity contribution in [1.82, 2.24) is 4.98 Å². The third-order valence-corrected chi connectivity index (χ3v) is 3.05. The van der Waals surface area contributed by atoms with E-state index in [1.807, 2.05) is 12.1 Å². The average molecular weight is 342 g/mol. The molecule has 1 heterocycles. The summed E-state index contributed by atoms with van der Waals surface area (Å²) in [5.74, 6) is 0.327. The topological polar surface area (TPSA) is 51.2 Å². The first-order chi connectivity index (χ1) is 9.15. The van der Waals surface area contributed by atoms with Crippen LogP contribution in [0, 0.1) is 0 Å². The Kier molecular flexibility index (Phi) is 4.76. The van der Waals surface area contributed by atoms with Crippen molar-refractivity contribution >= 4 is 39.1 Å². The lowest BCUT2D eigenvalue weighted by Gasteiger charge is -2.08. The highest BCUT2D eigenvalue weighted by atomic mass is 79.9. The van der Waals surface area contributed by atoms with E-state index in [2.05, 4.69) is 26.2 Å². The molecule has 1 aromatic carbocycles. The highest BCUT2D eigenvalue weighted by molar-refractivity contribution is 9.10. The number of amides is 1. The highest BCUT2D eigenvalue weighted by Crippen LogP contribution is 2.18. The summed E-state index contributed by atoms with van der Waals surface area (Å²) in [7, 11) is 0. The molecule has 0 saturated heterocycles. The Morgan fingerprint density at radius 3 is 2.74 bits per heavy atom. The highest BCUT2D eigenvalue weighted by Gasteiger charge is 2.06. The van der Waals surface area contributed by atoms with Crippen molar-refractivity contribution in [2.45, 2.75) is 0 Å². The fourth-order valence-electron chi connectivity index (χ4n) is 1.35. The van der Waals surface area contributed by atoms with Crippen LogP contribution in [0.4, 0.5) is 5.69 Å². The number of aromatic nitrogens is 1.